The van der Waals surface area contributed by atoms with Crippen molar-refractivity contribution in [2.75, 3.05) is 0 Å². The number of para-hydroxylation sites is 1. The Hall–Kier alpha value is -2.42. The van der Waals surface area contributed by atoms with Crippen LogP contribution in [0.2, 0.25) is 5.02 Å². The second-order valence-electron chi connectivity index (χ2n) is 4.69. The number of terminal acetylenes is 1. The molecule has 3 rings (SSSR count). The molecule has 0 spiro atoms. The predicted molar refractivity (Wildman–Crippen MR) is 90.0 cm³/mol. The van der Waals surface area contributed by atoms with E-state index >= 15 is 0 Å². The molecule has 0 fully saturated rings. The van der Waals surface area contributed by atoms with Crippen LogP contribution in [-0.2, 0) is 6.54 Å². The molecule has 0 unspecified atom stereocenters. The van der Waals surface area contributed by atoms with Crippen LogP contribution in [0, 0.1) is 18.2 Å². The van der Waals surface area contributed by atoms with E-state index in [0.717, 1.165) is 10.2 Å². The predicted octanol–water partition coefficient (Wildman–Crippen LogP) is 3.87. The van der Waals surface area contributed by atoms with Gasteiger partial charge in [-0.3, -0.25) is 4.79 Å². The normalized spacial score (nSPS) is 11.6. The lowest BCUT2D eigenvalue weighted by molar-refractivity contribution is 0.0998. The van der Waals surface area contributed by atoms with E-state index in [9.17, 15) is 9.18 Å². The number of rotatable bonds is 2. The van der Waals surface area contributed by atoms with E-state index in [0.29, 0.717) is 15.4 Å². The van der Waals surface area contributed by atoms with E-state index in [1.54, 1.807) is 10.6 Å². The van der Waals surface area contributed by atoms with Gasteiger partial charge in [0.05, 0.1) is 21.8 Å². The van der Waals surface area contributed by atoms with Gasteiger partial charge < -0.3 is 4.57 Å². The molecule has 0 atom stereocenters. The first-order valence-electron chi connectivity index (χ1n) is 6.66. The number of carbonyl (C=O) groups excluding carboxylic acids is 1. The van der Waals surface area contributed by atoms with Gasteiger partial charge >= 0.3 is 0 Å². The average Bonchev–Trinajstić information content (AvgIpc) is 2.87. The Bertz CT molecular complexity index is 996. The van der Waals surface area contributed by atoms with Gasteiger partial charge in [-0.25, -0.2) is 4.39 Å². The summed E-state index contributed by atoms with van der Waals surface area (Å²) in [6.45, 7) is 0.249. The van der Waals surface area contributed by atoms with Crippen LogP contribution in [0.5, 0.6) is 0 Å². The quantitative estimate of drug-likeness (QED) is 0.650. The van der Waals surface area contributed by atoms with E-state index in [1.807, 2.05) is 12.1 Å². The maximum absolute atomic E-state index is 12.9. The molecule has 1 aromatic heterocycles. The molecule has 6 heteroatoms. The first-order valence-corrected chi connectivity index (χ1v) is 7.85. The Morgan fingerprint density at radius 1 is 1.30 bits per heavy atom. The zero-order valence-electron chi connectivity index (χ0n) is 11.8. The number of hydrogen-bond donors (Lipinski definition) is 0. The maximum Gasteiger partial charge on any atom is 0.279 e. The first-order chi connectivity index (χ1) is 11.1. The van der Waals surface area contributed by atoms with E-state index in [4.69, 9.17) is 18.0 Å². The van der Waals surface area contributed by atoms with E-state index < -0.39 is 11.7 Å². The van der Waals surface area contributed by atoms with Crippen LogP contribution in [0.3, 0.4) is 0 Å². The van der Waals surface area contributed by atoms with Crippen molar-refractivity contribution in [1.29, 1.82) is 0 Å². The summed E-state index contributed by atoms with van der Waals surface area (Å²) in [6, 6.07) is 10.7. The first kappa shape index (κ1) is 15.5. The van der Waals surface area contributed by atoms with Crippen LogP contribution in [0.25, 0.3) is 10.2 Å². The van der Waals surface area contributed by atoms with Crippen LogP contribution in [0.4, 0.5) is 4.39 Å². The lowest BCUT2D eigenvalue weighted by Crippen LogP contribution is -2.16. The van der Waals surface area contributed by atoms with Crippen molar-refractivity contribution in [3.05, 3.63) is 63.7 Å². The van der Waals surface area contributed by atoms with Gasteiger partial charge in [0.15, 0.2) is 4.80 Å². The highest BCUT2D eigenvalue weighted by molar-refractivity contribution is 7.16. The van der Waals surface area contributed by atoms with Crippen molar-refractivity contribution in [2.45, 2.75) is 6.54 Å². The Kier molecular flexibility index (Phi) is 4.28. The molecule has 0 saturated carbocycles. The van der Waals surface area contributed by atoms with Crippen molar-refractivity contribution in [2.24, 2.45) is 4.99 Å². The maximum atomic E-state index is 12.9. The summed E-state index contributed by atoms with van der Waals surface area (Å²) in [5, 5.41) is 0.546. The molecular weight excluding hydrogens is 335 g/mol. The third-order valence-corrected chi connectivity index (χ3v) is 4.54. The summed E-state index contributed by atoms with van der Waals surface area (Å²) in [7, 11) is 0. The molecule has 2 aromatic carbocycles. The minimum absolute atomic E-state index is 0.249. The van der Waals surface area contributed by atoms with Crippen LogP contribution < -0.4 is 4.80 Å². The number of carbonyl (C=O) groups is 1. The molecule has 0 saturated heterocycles. The van der Waals surface area contributed by atoms with Crippen molar-refractivity contribution in [3.63, 3.8) is 0 Å². The number of hydrogen-bond acceptors (Lipinski definition) is 2. The molecule has 1 heterocycles. The third-order valence-electron chi connectivity index (χ3n) is 3.19. The Morgan fingerprint density at radius 2 is 2.04 bits per heavy atom. The summed E-state index contributed by atoms with van der Waals surface area (Å²) >= 11 is 7.56. The number of aromatic nitrogens is 1. The van der Waals surface area contributed by atoms with Crippen LogP contribution in [-0.4, -0.2) is 10.5 Å². The summed E-state index contributed by atoms with van der Waals surface area (Å²) in [4.78, 5) is 16.8. The zero-order valence-corrected chi connectivity index (χ0v) is 13.4. The van der Waals surface area contributed by atoms with Gasteiger partial charge in [-0.15, -0.1) is 6.42 Å². The fourth-order valence-corrected chi connectivity index (χ4v) is 3.54. The molecule has 1 amide bonds. The fourth-order valence-electron chi connectivity index (χ4n) is 2.15. The molecule has 0 aliphatic heterocycles. The van der Waals surface area contributed by atoms with Gasteiger partial charge in [0.25, 0.3) is 5.91 Å². The number of fused-ring (bicyclic) bond motifs is 1. The standard InChI is InChI=1S/C17H10ClFN2OS/c1-2-10-21-15-13(18)4-3-5-14(15)23-17(21)20-16(22)11-6-8-12(19)9-7-11/h1,3-9H,10H2. The van der Waals surface area contributed by atoms with Crippen LogP contribution >= 0.6 is 22.9 Å². The summed E-state index contributed by atoms with van der Waals surface area (Å²) in [6.07, 6.45) is 5.41. The lowest BCUT2D eigenvalue weighted by Gasteiger charge is -2.01. The van der Waals surface area contributed by atoms with E-state index in [2.05, 4.69) is 10.9 Å². The number of benzene rings is 2. The van der Waals surface area contributed by atoms with Gasteiger partial charge in [0, 0.05) is 5.56 Å². The number of thiazole rings is 1. The average molecular weight is 345 g/mol. The molecule has 0 bridgehead atoms. The van der Waals surface area contributed by atoms with E-state index in [1.165, 1.54) is 35.6 Å². The molecule has 0 radical (unpaired) electrons. The van der Waals surface area contributed by atoms with Gasteiger partial charge in [-0.1, -0.05) is 34.9 Å². The molecule has 0 N–H and O–H groups in total. The van der Waals surface area contributed by atoms with Crippen molar-refractivity contribution < 1.29 is 9.18 Å². The van der Waals surface area contributed by atoms with Crippen molar-refractivity contribution >= 4 is 39.1 Å². The third kappa shape index (κ3) is 3.04. The Balaban J connectivity index is 2.17. The highest BCUT2D eigenvalue weighted by Gasteiger charge is 2.11. The SMILES string of the molecule is C#CCn1c(=NC(=O)c2ccc(F)cc2)sc2cccc(Cl)c21. The second-order valence-corrected chi connectivity index (χ2v) is 6.10. The van der Waals surface area contributed by atoms with Gasteiger partial charge in [0.2, 0.25) is 0 Å². The van der Waals surface area contributed by atoms with Gasteiger partial charge in [-0.2, -0.15) is 4.99 Å². The molecule has 3 nitrogen and oxygen atoms in total. The molecule has 23 heavy (non-hydrogen) atoms. The van der Waals surface area contributed by atoms with E-state index in [-0.39, 0.29) is 6.54 Å². The number of halogens is 2. The monoisotopic (exact) mass is 344 g/mol. The lowest BCUT2D eigenvalue weighted by atomic mass is 10.2. The van der Waals surface area contributed by atoms with Crippen LogP contribution in [0.1, 0.15) is 10.4 Å². The van der Waals surface area contributed by atoms with Crippen LogP contribution in [0.15, 0.2) is 47.5 Å². The Morgan fingerprint density at radius 3 is 2.74 bits per heavy atom. The summed E-state index contributed by atoms with van der Waals surface area (Å²) in [5.74, 6) is 1.68. The number of amides is 1. The van der Waals surface area contributed by atoms with Gasteiger partial charge in [0.1, 0.15) is 5.82 Å². The highest BCUT2D eigenvalue weighted by Crippen LogP contribution is 2.25. The van der Waals surface area contributed by atoms with Gasteiger partial charge in [-0.05, 0) is 36.4 Å². The molecule has 114 valence electrons. The summed E-state index contributed by atoms with van der Waals surface area (Å²) < 4.78 is 15.6. The Labute approximate surface area is 140 Å². The smallest absolute Gasteiger partial charge is 0.279 e. The molecule has 0 aliphatic rings. The van der Waals surface area contributed by atoms with Crippen molar-refractivity contribution in [1.82, 2.24) is 4.57 Å². The van der Waals surface area contributed by atoms with Crippen molar-refractivity contribution in [3.8, 4) is 12.3 Å². The highest BCUT2D eigenvalue weighted by atomic mass is 35.5. The minimum Gasteiger partial charge on any atom is -0.303 e. The zero-order chi connectivity index (χ0) is 16.4. The second kappa shape index (κ2) is 6.37. The molecular formula is C17H10ClFN2OS. The summed E-state index contributed by atoms with van der Waals surface area (Å²) in [5.41, 5.74) is 1.06. The molecule has 3 aromatic rings. The fraction of sp³-hybridized carbons (Fsp3) is 0.0588. The largest absolute Gasteiger partial charge is 0.303 e. The minimum atomic E-state index is -0.460. The topological polar surface area (TPSA) is 34.4 Å². The molecule has 0 aliphatic carbocycles. The number of nitrogens with zero attached hydrogens (tertiary/aromatic N) is 2.